The third kappa shape index (κ3) is 2.03. The number of rotatable bonds is 3. The molecular formula is C11H11F2N3. The topological polar surface area (TPSA) is 40.7 Å². The van der Waals surface area contributed by atoms with Crippen molar-refractivity contribution in [3.8, 4) is 0 Å². The number of aromatic nitrogens is 2. The lowest BCUT2D eigenvalue weighted by Gasteiger charge is -2.15. The van der Waals surface area contributed by atoms with Crippen LogP contribution in [0.1, 0.15) is 18.5 Å². The van der Waals surface area contributed by atoms with Crippen molar-refractivity contribution in [3.63, 3.8) is 0 Å². The van der Waals surface area contributed by atoms with Gasteiger partial charge < -0.3 is 5.32 Å². The van der Waals surface area contributed by atoms with E-state index >= 15 is 0 Å². The van der Waals surface area contributed by atoms with E-state index in [1.165, 1.54) is 18.2 Å². The van der Waals surface area contributed by atoms with E-state index in [0.717, 1.165) is 0 Å². The van der Waals surface area contributed by atoms with E-state index in [9.17, 15) is 8.78 Å². The van der Waals surface area contributed by atoms with Crippen LogP contribution < -0.4 is 5.32 Å². The summed E-state index contributed by atoms with van der Waals surface area (Å²) >= 11 is 0. The van der Waals surface area contributed by atoms with E-state index in [1.807, 2.05) is 0 Å². The molecule has 0 fully saturated rings. The maximum atomic E-state index is 13.4. The van der Waals surface area contributed by atoms with Gasteiger partial charge in [-0.2, -0.15) is 5.10 Å². The van der Waals surface area contributed by atoms with Gasteiger partial charge in [0.25, 0.3) is 0 Å². The van der Waals surface area contributed by atoms with Crippen LogP contribution in [-0.4, -0.2) is 10.2 Å². The molecule has 16 heavy (non-hydrogen) atoms. The van der Waals surface area contributed by atoms with Crippen LogP contribution in [0.3, 0.4) is 0 Å². The lowest BCUT2D eigenvalue weighted by atomic mass is 10.1. The molecule has 0 aliphatic rings. The second-order valence-corrected chi connectivity index (χ2v) is 3.49. The fourth-order valence-corrected chi connectivity index (χ4v) is 1.58. The Labute approximate surface area is 91.5 Å². The number of nitrogens with one attached hydrogen (secondary N) is 2. The second-order valence-electron chi connectivity index (χ2n) is 3.49. The number of anilines is 1. The van der Waals surface area contributed by atoms with Crippen molar-refractivity contribution in [2.24, 2.45) is 0 Å². The quantitative estimate of drug-likeness (QED) is 0.840. The minimum absolute atomic E-state index is 0.0312. The molecule has 0 aliphatic heterocycles. The third-order valence-electron chi connectivity index (χ3n) is 2.31. The van der Waals surface area contributed by atoms with Gasteiger partial charge in [-0.15, -0.1) is 0 Å². The lowest BCUT2D eigenvalue weighted by Crippen LogP contribution is -2.10. The van der Waals surface area contributed by atoms with E-state index in [4.69, 9.17) is 0 Å². The van der Waals surface area contributed by atoms with Gasteiger partial charge in [0, 0.05) is 11.8 Å². The molecule has 1 aromatic heterocycles. The maximum Gasteiger partial charge on any atom is 0.131 e. The summed E-state index contributed by atoms with van der Waals surface area (Å²) in [7, 11) is 0. The predicted molar refractivity (Wildman–Crippen MR) is 57.0 cm³/mol. The Bertz CT molecular complexity index is 448. The van der Waals surface area contributed by atoms with Crippen LogP contribution in [-0.2, 0) is 0 Å². The van der Waals surface area contributed by atoms with Crippen LogP contribution in [0.4, 0.5) is 14.5 Å². The van der Waals surface area contributed by atoms with Crippen LogP contribution in [0, 0.1) is 11.6 Å². The molecule has 1 unspecified atom stereocenters. The van der Waals surface area contributed by atoms with Gasteiger partial charge in [0.05, 0.1) is 17.9 Å². The first-order valence-electron chi connectivity index (χ1n) is 4.87. The van der Waals surface area contributed by atoms with E-state index in [1.54, 1.807) is 19.3 Å². The number of aromatic amines is 1. The molecule has 2 aromatic rings. The van der Waals surface area contributed by atoms with E-state index < -0.39 is 17.7 Å². The molecule has 0 saturated carbocycles. The van der Waals surface area contributed by atoms with E-state index in [0.29, 0.717) is 5.69 Å². The molecule has 0 bridgehead atoms. The molecule has 1 aromatic carbocycles. The highest BCUT2D eigenvalue weighted by Crippen LogP contribution is 2.23. The molecular weight excluding hydrogens is 212 g/mol. The molecule has 5 heteroatoms. The summed E-state index contributed by atoms with van der Waals surface area (Å²) in [4.78, 5) is 0. The third-order valence-corrected chi connectivity index (χ3v) is 2.31. The number of nitrogens with zero attached hydrogens (tertiary/aromatic N) is 1. The van der Waals surface area contributed by atoms with Crippen molar-refractivity contribution < 1.29 is 8.78 Å². The number of benzene rings is 1. The monoisotopic (exact) mass is 223 g/mol. The van der Waals surface area contributed by atoms with Crippen LogP contribution in [0.2, 0.25) is 0 Å². The van der Waals surface area contributed by atoms with E-state index in [2.05, 4.69) is 15.5 Å². The van der Waals surface area contributed by atoms with Crippen LogP contribution >= 0.6 is 0 Å². The second kappa shape index (κ2) is 4.30. The van der Waals surface area contributed by atoms with Gasteiger partial charge in [-0.1, -0.05) is 6.07 Å². The fraction of sp³-hybridized carbons (Fsp3) is 0.182. The fourth-order valence-electron chi connectivity index (χ4n) is 1.58. The Kier molecular flexibility index (Phi) is 2.85. The summed E-state index contributed by atoms with van der Waals surface area (Å²) < 4.78 is 26.9. The first kappa shape index (κ1) is 10.6. The van der Waals surface area contributed by atoms with Crippen LogP contribution in [0.25, 0.3) is 0 Å². The molecule has 0 amide bonds. The first-order valence-corrected chi connectivity index (χ1v) is 4.87. The van der Waals surface area contributed by atoms with Gasteiger partial charge in [0.1, 0.15) is 11.6 Å². The molecule has 0 saturated heterocycles. The normalized spacial score (nSPS) is 12.4. The van der Waals surface area contributed by atoms with Crippen molar-refractivity contribution >= 4 is 5.69 Å². The summed E-state index contributed by atoms with van der Waals surface area (Å²) in [6.45, 7) is 1.69. The molecule has 0 radical (unpaired) electrons. The zero-order chi connectivity index (χ0) is 11.5. The molecule has 0 spiro atoms. The Morgan fingerprint density at radius 3 is 2.56 bits per heavy atom. The molecule has 2 N–H and O–H groups in total. The smallest absolute Gasteiger partial charge is 0.131 e. The largest absolute Gasteiger partial charge is 0.376 e. The van der Waals surface area contributed by atoms with Crippen LogP contribution in [0.15, 0.2) is 30.6 Å². The minimum Gasteiger partial charge on any atom is -0.376 e. The average molecular weight is 223 g/mol. The minimum atomic E-state index is -0.552. The van der Waals surface area contributed by atoms with Gasteiger partial charge in [-0.3, -0.25) is 5.10 Å². The zero-order valence-corrected chi connectivity index (χ0v) is 8.67. The molecule has 3 nitrogen and oxygen atoms in total. The standard InChI is InChI=1S/C11H11F2N3/c1-7(16-8-5-14-15-6-8)11-9(12)3-2-4-10(11)13/h2-7,16H,1H3,(H,14,15). The van der Waals surface area contributed by atoms with Crippen LogP contribution in [0.5, 0.6) is 0 Å². The van der Waals surface area contributed by atoms with Gasteiger partial charge >= 0.3 is 0 Å². The summed E-state index contributed by atoms with van der Waals surface area (Å²) in [5.41, 5.74) is 0.721. The van der Waals surface area contributed by atoms with Crippen molar-refractivity contribution in [3.05, 3.63) is 47.8 Å². The first-order chi connectivity index (χ1) is 7.68. The lowest BCUT2D eigenvalue weighted by molar-refractivity contribution is 0.544. The predicted octanol–water partition coefficient (Wildman–Crippen LogP) is 2.86. The molecule has 1 atom stereocenters. The number of halogens is 2. The molecule has 0 aliphatic carbocycles. The molecule has 2 rings (SSSR count). The number of hydrogen-bond acceptors (Lipinski definition) is 2. The summed E-state index contributed by atoms with van der Waals surface area (Å²) in [5, 5.41) is 9.30. The Balaban J connectivity index is 2.24. The van der Waals surface area contributed by atoms with Gasteiger partial charge in [-0.25, -0.2) is 8.78 Å². The highest BCUT2D eigenvalue weighted by Gasteiger charge is 2.15. The average Bonchev–Trinajstić information content (AvgIpc) is 2.70. The van der Waals surface area contributed by atoms with Crippen molar-refractivity contribution in [2.45, 2.75) is 13.0 Å². The zero-order valence-electron chi connectivity index (χ0n) is 8.67. The highest BCUT2D eigenvalue weighted by molar-refractivity contribution is 5.41. The maximum absolute atomic E-state index is 13.4. The summed E-state index contributed by atoms with van der Waals surface area (Å²) in [6.07, 6.45) is 3.17. The Morgan fingerprint density at radius 1 is 1.31 bits per heavy atom. The van der Waals surface area contributed by atoms with Crippen molar-refractivity contribution in [1.29, 1.82) is 0 Å². The SMILES string of the molecule is CC(Nc1cn[nH]c1)c1c(F)cccc1F. The van der Waals surface area contributed by atoms with E-state index in [-0.39, 0.29) is 5.56 Å². The van der Waals surface area contributed by atoms with Gasteiger partial charge in [0.15, 0.2) is 0 Å². The molecule has 84 valence electrons. The Morgan fingerprint density at radius 2 is 2.00 bits per heavy atom. The Hall–Kier alpha value is -1.91. The number of H-pyrrole nitrogens is 1. The number of hydrogen-bond donors (Lipinski definition) is 2. The summed E-state index contributed by atoms with van der Waals surface area (Å²) in [5.74, 6) is -1.10. The van der Waals surface area contributed by atoms with Crippen molar-refractivity contribution in [2.75, 3.05) is 5.32 Å². The highest BCUT2D eigenvalue weighted by atomic mass is 19.1. The molecule has 1 heterocycles. The van der Waals surface area contributed by atoms with Crippen molar-refractivity contribution in [1.82, 2.24) is 10.2 Å². The summed E-state index contributed by atoms with van der Waals surface area (Å²) in [6, 6.07) is 3.37. The van der Waals surface area contributed by atoms with Gasteiger partial charge in [0.2, 0.25) is 0 Å². The van der Waals surface area contributed by atoms with Gasteiger partial charge in [-0.05, 0) is 19.1 Å².